The van der Waals surface area contributed by atoms with Crippen LogP contribution in [-0.4, -0.2) is 35.7 Å². The molecule has 2 rings (SSSR count). The molecule has 2 N–H and O–H groups in total. The van der Waals surface area contributed by atoms with Gasteiger partial charge in [0.15, 0.2) is 0 Å². The topological polar surface area (TPSA) is 75.6 Å². The second-order valence-electron chi connectivity index (χ2n) is 5.96. The molecule has 1 heterocycles. The van der Waals surface area contributed by atoms with E-state index in [-0.39, 0.29) is 11.8 Å². The Morgan fingerprint density at radius 2 is 2.05 bits per heavy atom. The Morgan fingerprint density at radius 1 is 1.26 bits per heavy atom. The zero-order valence-corrected chi connectivity index (χ0v) is 11.5. The van der Waals surface area contributed by atoms with Gasteiger partial charge < -0.3 is 15.2 Å². The smallest absolute Gasteiger partial charge is 0.308 e. The van der Waals surface area contributed by atoms with Gasteiger partial charge in [0.25, 0.3) is 0 Å². The second-order valence-corrected chi connectivity index (χ2v) is 5.96. The fraction of sp³-hybridized carbons (Fsp3) is 0.857. The largest absolute Gasteiger partial charge is 0.481 e. The fourth-order valence-electron chi connectivity index (χ4n) is 3.21. The quantitative estimate of drug-likeness (QED) is 0.815. The Hall–Kier alpha value is -1.10. The first kappa shape index (κ1) is 14.3. The van der Waals surface area contributed by atoms with Gasteiger partial charge in [0.05, 0.1) is 24.0 Å². The molecule has 5 heteroatoms. The molecule has 0 aromatic rings. The lowest BCUT2D eigenvalue weighted by atomic mass is 9.73. The second kappa shape index (κ2) is 5.90. The summed E-state index contributed by atoms with van der Waals surface area (Å²) in [7, 11) is 0. The summed E-state index contributed by atoms with van der Waals surface area (Å²) >= 11 is 0. The number of rotatable bonds is 3. The van der Waals surface area contributed by atoms with E-state index in [2.05, 4.69) is 5.32 Å². The van der Waals surface area contributed by atoms with E-state index in [0.29, 0.717) is 13.0 Å². The van der Waals surface area contributed by atoms with Crippen LogP contribution in [0.1, 0.15) is 45.4 Å². The SMILES string of the molecule is CC1(NC(=O)C2CCCOC2)CCCCC1C(=O)O. The van der Waals surface area contributed by atoms with Crippen LogP contribution in [0.3, 0.4) is 0 Å². The third-order valence-electron chi connectivity index (χ3n) is 4.45. The van der Waals surface area contributed by atoms with Crippen molar-refractivity contribution in [1.29, 1.82) is 0 Å². The van der Waals surface area contributed by atoms with Crippen molar-refractivity contribution in [3.05, 3.63) is 0 Å². The minimum absolute atomic E-state index is 0.0460. The number of nitrogens with one attached hydrogen (secondary N) is 1. The summed E-state index contributed by atoms with van der Waals surface area (Å²) in [4.78, 5) is 23.6. The molecule has 3 atom stereocenters. The molecule has 0 spiro atoms. The molecule has 0 bridgehead atoms. The van der Waals surface area contributed by atoms with Crippen molar-refractivity contribution in [2.45, 2.75) is 51.0 Å². The highest BCUT2D eigenvalue weighted by Gasteiger charge is 2.43. The van der Waals surface area contributed by atoms with Crippen LogP contribution >= 0.6 is 0 Å². The standard InChI is InChI=1S/C14H23NO4/c1-14(7-3-2-6-11(14)13(17)18)15-12(16)10-5-4-8-19-9-10/h10-11H,2-9H2,1H3,(H,15,16)(H,17,18). The number of carbonyl (C=O) groups is 2. The number of carboxylic acid groups (broad SMARTS) is 1. The molecule has 0 aromatic heterocycles. The van der Waals surface area contributed by atoms with Gasteiger partial charge in [0.2, 0.25) is 5.91 Å². The zero-order chi connectivity index (χ0) is 13.9. The number of ether oxygens (including phenoxy) is 1. The van der Waals surface area contributed by atoms with Crippen molar-refractivity contribution in [2.75, 3.05) is 13.2 Å². The van der Waals surface area contributed by atoms with Crippen LogP contribution in [0, 0.1) is 11.8 Å². The van der Waals surface area contributed by atoms with Crippen LogP contribution in [0.25, 0.3) is 0 Å². The first-order chi connectivity index (χ1) is 9.03. The van der Waals surface area contributed by atoms with Gasteiger partial charge in [-0.2, -0.15) is 0 Å². The number of hydrogen-bond acceptors (Lipinski definition) is 3. The van der Waals surface area contributed by atoms with Crippen molar-refractivity contribution in [3.8, 4) is 0 Å². The monoisotopic (exact) mass is 269 g/mol. The molecule has 108 valence electrons. The van der Waals surface area contributed by atoms with Gasteiger partial charge in [-0.15, -0.1) is 0 Å². The van der Waals surface area contributed by atoms with Gasteiger partial charge in [-0.25, -0.2) is 0 Å². The van der Waals surface area contributed by atoms with Gasteiger partial charge in [0.1, 0.15) is 0 Å². The lowest BCUT2D eigenvalue weighted by molar-refractivity contribution is -0.147. The Labute approximate surface area is 113 Å². The third-order valence-corrected chi connectivity index (χ3v) is 4.45. The van der Waals surface area contributed by atoms with Gasteiger partial charge in [-0.3, -0.25) is 9.59 Å². The first-order valence-corrected chi connectivity index (χ1v) is 7.15. The molecule has 1 saturated heterocycles. The van der Waals surface area contributed by atoms with E-state index in [4.69, 9.17) is 4.74 Å². The molecule has 0 aromatic carbocycles. The van der Waals surface area contributed by atoms with Gasteiger partial charge in [-0.1, -0.05) is 12.8 Å². The average Bonchev–Trinajstić information content (AvgIpc) is 2.39. The maximum Gasteiger partial charge on any atom is 0.308 e. The maximum absolute atomic E-state index is 12.3. The molecular weight excluding hydrogens is 246 g/mol. The molecule has 1 amide bonds. The van der Waals surface area contributed by atoms with Gasteiger partial charge in [0, 0.05) is 6.61 Å². The minimum Gasteiger partial charge on any atom is -0.481 e. The van der Waals surface area contributed by atoms with E-state index in [9.17, 15) is 14.7 Å². The number of carbonyl (C=O) groups excluding carboxylic acids is 1. The molecule has 1 saturated carbocycles. The molecule has 19 heavy (non-hydrogen) atoms. The molecule has 1 aliphatic carbocycles. The van der Waals surface area contributed by atoms with Crippen LogP contribution in [0.15, 0.2) is 0 Å². The number of carboxylic acids is 1. The zero-order valence-electron chi connectivity index (χ0n) is 11.5. The maximum atomic E-state index is 12.3. The number of aliphatic carboxylic acids is 1. The summed E-state index contributed by atoms with van der Waals surface area (Å²) < 4.78 is 5.32. The van der Waals surface area contributed by atoms with Crippen molar-refractivity contribution in [1.82, 2.24) is 5.32 Å². The van der Waals surface area contributed by atoms with Crippen LogP contribution in [0.2, 0.25) is 0 Å². The molecule has 1 aliphatic heterocycles. The van der Waals surface area contributed by atoms with Crippen LogP contribution in [-0.2, 0) is 14.3 Å². The normalized spacial score (nSPS) is 35.6. The van der Waals surface area contributed by atoms with Crippen LogP contribution < -0.4 is 5.32 Å². The van der Waals surface area contributed by atoms with Crippen molar-refractivity contribution in [3.63, 3.8) is 0 Å². The lowest BCUT2D eigenvalue weighted by Crippen LogP contribution is -2.57. The molecule has 5 nitrogen and oxygen atoms in total. The summed E-state index contributed by atoms with van der Waals surface area (Å²) in [6.45, 7) is 3.05. The average molecular weight is 269 g/mol. The number of amides is 1. The summed E-state index contributed by atoms with van der Waals surface area (Å²) in [5, 5.41) is 12.3. The number of hydrogen-bond donors (Lipinski definition) is 2. The summed E-state index contributed by atoms with van der Waals surface area (Å²) in [5.74, 6) is -1.45. The van der Waals surface area contributed by atoms with Crippen LogP contribution in [0.4, 0.5) is 0 Å². The van der Waals surface area contributed by atoms with Crippen molar-refractivity contribution >= 4 is 11.9 Å². The highest BCUT2D eigenvalue weighted by atomic mass is 16.5. The third kappa shape index (κ3) is 3.26. The molecule has 2 fully saturated rings. The van der Waals surface area contributed by atoms with Gasteiger partial charge in [-0.05, 0) is 32.6 Å². The summed E-state index contributed by atoms with van der Waals surface area (Å²) in [5.41, 5.74) is -0.612. The van der Waals surface area contributed by atoms with E-state index in [1.54, 1.807) is 0 Å². The van der Waals surface area contributed by atoms with E-state index in [1.165, 1.54) is 0 Å². The summed E-state index contributed by atoms with van der Waals surface area (Å²) in [6.07, 6.45) is 5.02. The fourth-order valence-corrected chi connectivity index (χ4v) is 3.21. The molecular formula is C14H23NO4. The predicted octanol–water partition coefficient (Wildman–Crippen LogP) is 1.56. The van der Waals surface area contributed by atoms with Crippen molar-refractivity contribution in [2.24, 2.45) is 11.8 Å². The van der Waals surface area contributed by atoms with E-state index in [0.717, 1.165) is 38.7 Å². The molecule has 3 unspecified atom stereocenters. The highest BCUT2D eigenvalue weighted by Crippen LogP contribution is 2.34. The van der Waals surface area contributed by atoms with E-state index < -0.39 is 17.4 Å². The Balaban J connectivity index is 2.01. The first-order valence-electron chi connectivity index (χ1n) is 7.15. The van der Waals surface area contributed by atoms with Gasteiger partial charge >= 0.3 is 5.97 Å². The Morgan fingerprint density at radius 3 is 2.68 bits per heavy atom. The van der Waals surface area contributed by atoms with Crippen molar-refractivity contribution < 1.29 is 19.4 Å². The van der Waals surface area contributed by atoms with E-state index in [1.807, 2.05) is 6.92 Å². The molecule has 2 aliphatic rings. The molecule has 0 radical (unpaired) electrons. The summed E-state index contributed by atoms with van der Waals surface area (Å²) in [6, 6.07) is 0. The minimum atomic E-state index is -0.803. The van der Waals surface area contributed by atoms with Crippen LogP contribution in [0.5, 0.6) is 0 Å². The lowest BCUT2D eigenvalue weighted by Gasteiger charge is -2.40. The highest BCUT2D eigenvalue weighted by molar-refractivity contribution is 5.81. The van der Waals surface area contributed by atoms with E-state index >= 15 is 0 Å². The Kier molecular flexibility index (Phi) is 4.45. The Bertz CT molecular complexity index is 351. The predicted molar refractivity (Wildman–Crippen MR) is 69.7 cm³/mol.